The molecule has 1 aliphatic heterocycles. The van der Waals surface area contributed by atoms with Crippen molar-refractivity contribution in [2.45, 2.75) is 25.2 Å². The molecule has 0 bridgehead atoms. The van der Waals surface area contributed by atoms with Crippen LogP contribution in [0.15, 0.2) is 52.5 Å². The third-order valence-electron chi connectivity index (χ3n) is 4.84. The number of likely N-dealkylation sites (tertiary alicyclic amines) is 1. The summed E-state index contributed by atoms with van der Waals surface area (Å²) in [5, 5.41) is 17.3. The summed E-state index contributed by atoms with van der Waals surface area (Å²) in [6.45, 7) is 2.88. The number of carbonyl (C=O) groups excluding carboxylic acids is 1. The van der Waals surface area contributed by atoms with E-state index in [2.05, 4.69) is 27.0 Å². The van der Waals surface area contributed by atoms with Crippen molar-refractivity contribution in [2.75, 3.05) is 13.1 Å². The van der Waals surface area contributed by atoms with Crippen LogP contribution in [0.25, 0.3) is 11.1 Å². The lowest BCUT2D eigenvalue weighted by Crippen LogP contribution is -2.36. The number of rotatable bonds is 5. The Morgan fingerprint density at radius 2 is 1.97 bits per heavy atom. The number of carbonyl (C=O) groups is 2. The maximum absolute atomic E-state index is 12.8. The average molecular weight is 517 g/mol. The third kappa shape index (κ3) is 7.29. The maximum Gasteiger partial charge on any atom is 0.490 e. The molecule has 176 valence electrons. The van der Waals surface area contributed by atoms with Gasteiger partial charge in [0, 0.05) is 36.3 Å². The van der Waals surface area contributed by atoms with Gasteiger partial charge in [-0.2, -0.15) is 24.5 Å². The molecule has 33 heavy (non-hydrogen) atoms. The predicted molar refractivity (Wildman–Crippen MR) is 124 cm³/mol. The van der Waals surface area contributed by atoms with E-state index in [0.29, 0.717) is 5.02 Å². The first-order chi connectivity index (χ1) is 15.6. The Balaban J connectivity index is 0.000000383. The molecule has 1 amide bonds. The van der Waals surface area contributed by atoms with Gasteiger partial charge in [0.05, 0.1) is 4.88 Å². The summed E-state index contributed by atoms with van der Waals surface area (Å²) in [5.41, 5.74) is 3.28. The number of nitrogens with zero attached hydrogens (tertiary/aromatic N) is 1. The largest absolute Gasteiger partial charge is 0.490 e. The molecule has 3 aromatic rings. The van der Waals surface area contributed by atoms with E-state index < -0.39 is 12.1 Å². The zero-order valence-corrected chi connectivity index (χ0v) is 19.5. The Bertz CT molecular complexity index is 1090. The van der Waals surface area contributed by atoms with Crippen molar-refractivity contribution < 1.29 is 27.9 Å². The number of carboxylic acids is 1. The maximum atomic E-state index is 12.8. The van der Waals surface area contributed by atoms with E-state index in [0.717, 1.165) is 42.1 Å². The van der Waals surface area contributed by atoms with Gasteiger partial charge in [0.25, 0.3) is 5.91 Å². The summed E-state index contributed by atoms with van der Waals surface area (Å²) in [4.78, 5) is 24.9. The summed E-state index contributed by atoms with van der Waals surface area (Å²) < 4.78 is 31.7. The molecule has 5 nitrogen and oxygen atoms in total. The second-order valence-electron chi connectivity index (χ2n) is 7.30. The first-order valence-electron chi connectivity index (χ1n) is 9.81. The molecule has 1 unspecified atom stereocenters. The molecule has 1 saturated heterocycles. The molecule has 4 rings (SSSR count). The molecule has 1 aromatic carbocycles. The number of hydrogen-bond donors (Lipinski definition) is 2. The van der Waals surface area contributed by atoms with Gasteiger partial charge in [0.1, 0.15) is 0 Å². The number of hydrogen-bond acceptors (Lipinski definition) is 5. The number of aliphatic carboxylic acids is 1. The molecule has 3 heterocycles. The van der Waals surface area contributed by atoms with Crippen molar-refractivity contribution >= 4 is 46.2 Å². The fourth-order valence-corrected chi connectivity index (χ4v) is 5.02. The van der Waals surface area contributed by atoms with Gasteiger partial charge in [-0.1, -0.05) is 23.7 Å². The molecule has 0 saturated carbocycles. The SMILES string of the molecule is O=C(NC1CCN(Cc2ccsc2)C1)c1sccc1-c1cccc(Cl)c1.O=C(O)C(F)(F)F. The second-order valence-corrected chi connectivity index (χ2v) is 9.44. The Labute approximate surface area is 201 Å². The molecule has 2 aromatic heterocycles. The minimum absolute atomic E-state index is 0.0114. The van der Waals surface area contributed by atoms with E-state index in [9.17, 15) is 18.0 Å². The highest BCUT2D eigenvalue weighted by molar-refractivity contribution is 7.12. The zero-order valence-electron chi connectivity index (χ0n) is 17.1. The molecule has 0 aliphatic carbocycles. The lowest BCUT2D eigenvalue weighted by atomic mass is 10.1. The number of benzene rings is 1. The summed E-state index contributed by atoms with van der Waals surface area (Å²) in [5.74, 6) is -2.75. The van der Waals surface area contributed by atoms with Gasteiger partial charge in [-0.15, -0.1) is 11.3 Å². The minimum Gasteiger partial charge on any atom is -0.475 e. The van der Waals surface area contributed by atoms with Crippen LogP contribution in [0.1, 0.15) is 21.7 Å². The smallest absolute Gasteiger partial charge is 0.475 e. The van der Waals surface area contributed by atoms with Crippen molar-refractivity contribution in [1.82, 2.24) is 10.2 Å². The second kappa shape index (κ2) is 11.1. The summed E-state index contributed by atoms with van der Waals surface area (Å²) in [7, 11) is 0. The number of nitrogens with one attached hydrogen (secondary N) is 1. The van der Waals surface area contributed by atoms with Crippen LogP contribution in [0.3, 0.4) is 0 Å². The zero-order chi connectivity index (χ0) is 24.0. The molecule has 0 radical (unpaired) electrons. The normalized spacial score (nSPS) is 16.2. The van der Waals surface area contributed by atoms with Crippen molar-refractivity contribution in [2.24, 2.45) is 0 Å². The van der Waals surface area contributed by atoms with Crippen LogP contribution in [0.5, 0.6) is 0 Å². The fourth-order valence-electron chi connectivity index (χ4n) is 3.35. The first-order valence-corrected chi connectivity index (χ1v) is 12.0. The Kier molecular flexibility index (Phi) is 8.52. The Morgan fingerprint density at radius 1 is 1.21 bits per heavy atom. The average Bonchev–Trinajstić information content (AvgIpc) is 3.50. The molecule has 11 heteroatoms. The quantitative estimate of drug-likeness (QED) is 0.452. The van der Waals surface area contributed by atoms with Gasteiger partial charge in [-0.05, 0) is 58.0 Å². The van der Waals surface area contributed by atoms with Crippen LogP contribution < -0.4 is 5.32 Å². The van der Waals surface area contributed by atoms with Crippen LogP contribution >= 0.6 is 34.3 Å². The van der Waals surface area contributed by atoms with E-state index in [-0.39, 0.29) is 11.9 Å². The summed E-state index contributed by atoms with van der Waals surface area (Å²) in [6.07, 6.45) is -4.09. The van der Waals surface area contributed by atoms with Crippen LogP contribution in [0.2, 0.25) is 5.02 Å². The van der Waals surface area contributed by atoms with Crippen LogP contribution in [-0.4, -0.2) is 47.2 Å². The lowest BCUT2D eigenvalue weighted by Gasteiger charge is -2.16. The molecule has 0 spiro atoms. The summed E-state index contributed by atoms with van der Waals surface area (Å²) in [6, 6.07) is 12.0. The standard InChI is InChI=1S/C20H19ClN2OS2.C2HF3O2/c21-16-3-1-2-15(10-16)18-6-9-26-19(18)20(24)22-17-4-7-23(12-17)11-14-5-8-25-13-14;3-2(4,5)1(6)7/h1-3,5-6,8-10,13,17H,4,7,11-12H2,(H,22,24);(H,6,7). The van der Waals surface area contributed by atoms with E-state index in [1.165, 1.54) is 16.9 Å². The summed E-state index contributed by atoms with van der Waals surface area (Å²) >= 11 is 9.31. The first kappa shape index (κ1) is 25.2. The topological polar surface area (TPSA) is 69.6 Å². The van der Waals surface area contributed by atoms with Gasteiger partial charge in [0.15, 0.2) is 0 Å². The fraction of sp³-hybridized carbons (Fsp3) is 0.273. The third-order valence-corrected chi connectivity index (χ3v) is 6.72. The van der Waals surface area contributed by atoms with E-state index >= 15 is 0 Å². The van der Waals surface area contributed by atoms with E-state index in [1.807, 2.05) is 35.7 Å². The van der Waals surface area contributed by atoms with Crippen molar-refractivity contribution in [3.05, 3.63) is 68.0 Å². The Morgan fingerprint density at radius 3 is 2.61 bits per heavy atom. The molecule has 1 fully saturated rings. The highest BCUT2D eigenvalue weighted by Crippen LogP contribution is 2.30. The van der Waals surface area contributed by atoms with Gasteiger partial charge >= 0.3 is 12.1 Å². The molecule has 2 N–H and O–H groups in total. The highest BCUT2D eigenvalue weighted by Gasteiger charge is 2.38. The predicted octanol–water partition coefficient (Wildman–Crippen LogP) is 5.77. The van der Waals surface area contributed by atoms with Crippen molar-refractivity contribution in [1.29, 1.82) is 0 Å². The number of thiophene rings is 2. The molecule has 1 aliphatic rings. The minimum atomic E-state index is -5.08. The Hall–Kier alpha value is -2.40. The number of halogens is 4. The number of carboxylic acid groups (broad SMARTS) is 1. The van der Waals surface area contributed by atoms with Crippen LogP contribution in [-0.2, 0) is 11.3 Å². The van der Waals surface area contributed by atoms with Gasteiger partial charge < -0.3 is 10.4 Å². The van der Waals surface area contributed by atoms with Gasteiger partial charge in [-0.25, -0.2) is 4.79 Å². The molecular formula is C22H20ClF3N2O3S2. The van der Waals surface area contributed by atoms with Crippen molar-refractivity contribution in [3.63, 3.8) is 0 Å². The van der Waals surface area contributed by atoms with E-state index in [4.69, 9.17) is 21.5 Å². The highest BCUT2D eigenvalue weighted by atomic mass is 35.5. The van der Waals surface area contributed by atoms with Gasteiger partial charge in [-0.3, -0.25) is 9.69 Å². The van der Waals surface area contributed by atoms with Crippen molar-refractivity contribution in [3.8, 4) is 11.1 Å². The van der Waals surface area contributed by atoms with Gasteiger partial charge in [0.2, 0.25) is 0 Å². The monoisotopic (exact) mass is 516 g/mol. The molecule has 1 atom stereocenters. The lowest BCUT2D eigenvalue weighted by molar-refractivity contribution is -0.192. The van der Waals surface area contributed by atoms with E-state index in [1.54, 1.807) is 11.3 Å². The van der Waals surface area contributed by atoms with Crippen LogP contribution in [0, 0.1) is 0 Å². The molecular weight excluding hydrogens is 497 g/mol. The number of amides is 1. The number of alkyl halides is 3. The van der Waals surface area contributed by atoms with Crippen LogP contribution in [0.4, 0.5) is 13.2 Å².